The molecule has 9 heavy (non-hydrogen) atoms. The molecule has 5 heteroatoms. The van der Waals surface area contributed by atoms with E-state index in [1.54, 1.807) is 6.92 Å². The molecule has 0 saturated carbocycles. The van der Waals surface area contributed by atoms with Crippen molar-refractivity contribution < 1.29 is 20.1 Å². The van der Waals surface area contributed by atoms with Crippen LogP contribution >= 0.6 is 0 Å². The predicted octanol–water partition coefficient (Wildman–Crippen LogP) is -1.18. The van der Waals surface area contributed by atoms with E-state index in [4.69, 9.17) is 15.3 Å². The van der Waals surface area contributed by atoms with Gasteiger partial charge in [0.25, 0.3) is 5.97 Å². The molecule has 0 aromatic rings. The molecular weight excluding hydrogens is 126 g/mol. The van der Waals surface area contributed by atoms with Crippen LogP contribution in [0.15, 0.2) is 0 Å². The highest BCUT2D eigenvalue weighted by Crippen LogP contribution is 1.91. The van der Waals surface area contributed by atoms with Gasteiger partial charge in [0.15, 0.2) is 0 Å². The average molecular weight is 139 g/mol. The molecule has 0 spiro atoms. The summed E-state index contributed by atoms with van der Waals surface area (Å²) in [6.07, 6.45) is 0. The molecule has 0 amide bonds. The van der Waals surface area contributed by atoms with Gasteiger partial charge in [-0.25, -0.2) is 0 Å². The third-order valence-corrected chi connectivity index (χ3v) is 0.500. The summed E-state index contributed by atoms with van der Waals surface area (Å²) >= 11 is 0. The number of hydrogen-bond donors (Lipinski definition) is 4. The van der Waals surface area contributed by atoms with Gasteiger partial charge in [-0.3, -0.25) is 0 Å². The van der Waals surface area contributed by atoms with Crippen LogP contribution in [0.5, 0.6) is 0 Å². The Bertz CT molecular complexity index is 60.1. The molecule has 0 saturated heterocycles. The lowest BCUT2D eigenvalue weighted by Gasteiger charge is -2.12. The van der Waals surface area contributed by atoms with E-state index in [1.807, 2.05) is 0 Å². The highest BCUT2D eigenvalue weighted by Gasteiger charge is 2.16. The zero-order valence-corrected chi connectivity index (χ0v) is 5.37. The van der Waals surface area contributed by atoms with Gasteiger partial charge < -0.3 is 26.2 Å². The van der Waals surface area contributed by atoms with E-state index in [0.717, 1.165) is 0 Å². The molecule has 0 unspecified atom stereocenters. The summed E-state index contributed by atoms with van der Waals surface area (Å²) in [6.45, 7) is 1.57. The van der Waals surface area contributed by atoms with Crippen LogP contribution in [-0.2, 0) is 4.74 Å². The van der Waals surface area contributed by atoms with Gasteiger partial charge in [0, 0.05) is 6.61 Å². The van der Waals surface area contributed by atoms with E-state index in [9.17, 15) is 0 Å². The molecule has 0 fully saturated rings. The Kier molecular flexibility index (Phi) is 5.99. The van der Waals surface area contributed by atoms with Crippen molar-refractivity contribution in [3.05, 3.63) is 0 Å². The van der Waals surface area contributed by atoms with E-state index in [1.165, 1.54) is 0 Å². The van der Waals surface area contributed by atoms with Crippen LogP contribution in [0.3, 0.4) is 0 Å². The Balaban J connectivity index is 0. The summed E-state index contributed by atoms with van der Waals surface area (Å²) in [7, 11) is 0. The molecular formula is C4H13NO4. The zero-order valence-electron chi connectivity index (χ0n) is 5.37. The van der Waals surface area contributed by atoms with Gasteiger partial charge in [-0.05, 0) is 6.92 Å². The fraction of sp³-hybridized carbons (Fsp3) is 1.00. The number of ether oxygens (including phenoxy) is 1. The van der Waals surface area contributed by atoms with Gasteiger partial charge in [0.2, 0.25) is 0 Å². The van der Waals surface area contributed by atoms with Crippen molar-refractivity contribution in [1.29, 1.82) is 0 Å². The van der Waals surface area contributed by atoms with Gasteiger partial charge in [0.1, 0.15) is 6.61 Å². The lowest BCUT2D eigenvalue weighted by Crippen LogP contribution is -2.33. The second-order valence-electron chi connectivity index (χ2n) is 1.41. The lowest BCUT2D eigenvalue weighted by molar-refractivity contribution is -0.331. The molecule has 0 atom stereocenters. The predicted molar refractivity (Wildman–Crippen MR) is 30.9 cm³/mol. The van der Waals surface area contributed by atoms with Gasteiger partial charge in [-0.15, -0.1) is 0 Å². The Morgan fingerprint density at radius 1 is 1.33 bits per heavy atom. The third kappa shape index (κ3) is 11.4. The van der Waals surface area contributed by atoms with Crippen molar-refractivity contribution in [3.8, 4) is 0 Å². The van der Waals surface area contributed by atoms with Crippen LogP contribution in [0.2, 0.25) is 0 Å². The average Bonchev–Trinajstić information content (AvgIpc) is 1.59. The molecule has 58 valence electrons. The van der Waals surface area contributed by atoms with Crippen molar-refractivity contribution in [2.45, 2.75) is 12.9 Å². The standard InChI is InChI=1S/C4H10O4.H3N/c1-2-8-3-4(5,6)7;/h5-7H,2-3H2,1H3;1H3. The minimum absolute atomic E-state index is 0. The summed E-state index contributed by atoms with van der Waals surface area (Å²) in [5, 5.41) is 24.4. The number of hydrogen-bond acceptors (Lipinski definition) is 5. The van der Waals surface area contributed by atoms with Crippen LogP contribution < -0.4 is 6.15 Å². The molecule has 0 rings (SSSR count). The first-order valence-electron chi connectivity index (χ1n) is 2.31. The Hall–Kier alpha value is -0.200. The Morgan fingerprint density at radius 3 is 1.89 bits per heavy atom. The summed E-state index contributed by atoms with van der Waals surface area (Å²) in [5.74, 6) is -2.67. The first kappa shape index (κ1) is 11.6. The maximum absolute atomic E-state index is 8.13. The van der Waals surface area contributed by atoms with E-state index in [2.05, 4.69) is 4.74 Å². The van der Waals surface area contributed by atoms with E-state index < -0.39 is 12.6 Å². The van der Waals surface area contributed by atoms with Crippen LogP contribution in [0, 0.1) is 0 Å². The number of aliphatic hydroxyl groups is 3. The SMILES string of the molecule is CCOCC(O)(O)O.N. The highest BCUT2D eigenvalue weighted by molar-refractivity contribution is 4.39. The second kappa shape index (κ2) is 4.66. The quantitative estimate of drug-likeness (QED) is 0.368. The molecule has 0 aromatic heterocycles. The Morgan fingerprint density at radius 2 is 1.78 bits per heavy atom. The molecule has 0 aliphatic carbocycles. The largest absolute Gasteiger partial charge is 0.373 e. The minimum Gasteiger partial charge on any atom is -0.373 e. The molecule has 0 radical (unpaired) electrons. The highest BCUT2D eigenvalue weighted by atomic mass is 16.7. The van der Waals surface area contributed by atoms with Crippen molar-refractivity contribution >= 4 is 0 Å². The summed E-state index contributed by atoms with van der Waals surface area (Å²) < 4.78 is 4.45. The van der Waals surface area contributed by atoms with Gasteiger partial charge in [-0.2, -0.15) is 0 Å². The molecule has 6 N–H and O–H groups in total. The lowest BCUT2D eigenvalue weighted by atomic mass is 10.6. The first-order valence-corrected chi connectivity index (χ1v) is 2.31. The minimum atomic E-state index is -2.67. The van der Waals surface area contributed by atoms with Crippen LogP contribution in [0.4, 0.5) is 0 Å². The molecule has 0 aliphatic rings. The van der Waals surface area contributed by atoms with E-state index >= 15 is 0 Å². The third-order valence-electron chi connectivity index (χ3n) is 0.500. The fourth-order valence-corrected chi connectivity index (χ4v) is 0.239. The van der Waals surface area contributed by atoms with Crippen molar-refractivity contribution in [2.75, 3.05) is 13.2 Å². The van der Waals surface area contributed by atoms with Gasteiger partial charge >= 0.3 is 0 Å². The topological polar surface area (TPSA) is 105 Å². The van der Waals surface area contributed by atoms with Gasteiger partial charge in [0.05, 0.1) is 0 Å². The van der Waals surface area contributed by atoms with Gasteiger partial charge in [-0.1, -0.05) is 0 Å². The summed E-state index contributed by atoms with van der Waals surface area (Å²) in [6, 6.07) is 0. The maximum Gasteiger partial charge on any atom is 0.300 e. The molecule has 0 heterocycles. The van der Waals surface area contributed by atoms with Crippen LogP contribution in [-0.4, -0.2) is 34.5 Å². The van der Waals surface area contributed by atoms with E-state index in [0.29, 0.717) is 6.61 Å². The maximum atomic E-state index is 8.13. The number of rotatable bonds is 3. The molecule has 0 aliphatic heterocycles. The van der Waals surface area contributed by atoms with Crippen molar-refractivity contribution in [3.63, 3.8) is 0 Å². The zero-order chi connectivity index (χ0) is 6.62. The van der Waals surface area contributed by atoms with Crippen LogP contribution in [0.1, 0.15) is 6.92 Å². The second-order valence-corrected chi connectivity index (χ2v) is 1.41. The fourth-order valence-electron chi connectivity index (χ4n) is 0.239. The van der Waals surface area contributed by atoms with E-state index in [-0.39, 0.29) is 6.15 Å². The first-order chi connectivity index (χ1) is 3.56. The normalized spacial score (nSPS) is 10.7. The summed E-state index contributed by atoms with van der Waals surface area (Å²) in [5.41, 5.74) is 0. The monoisotopic (exact) mass is 139 g/mol. The molecule has 0 aromatic carbocycles. The van der Waals surface area contributed by atoms with Crippen molar-refractivity contribution in [2.24, 2.45) is 0 Å². The summed E-state index contributed by atoms with van der Waals surface area (Å²) in [4.78, 5) is 0. The van der Waals surface area contributed by atoms with Crippen molar-refractivity contribution in [1.82, 2.24) is 6.15 Å². The van der Waals surface area contributed by atoms with Crippen LogP contribution in [0.25, 0.3) is 0 Å². The Labute approximate surface area is 53.5 Å². The smallest absolute Gasteiger partial charge is 0.300 e. The molecule has 5 nitrogen and oxygen atoms in total. The molecule has 0 bridgehead atoms.